The number of nitrogens with zero attached hydrogens (tertiary/aromatic N) is 5. The monoisotopic (exact) mass is 497 g/mol. The molecule has 0 fully saturated rings. The topological polar surface area (TPSA) is 135 Å². The normalized spacial score (nSPS) is 11.8. The van der Waals surface area contributed by atoms with Crippen LogP contribution in [-0.4, -0.2) is 37.4 Å². The van der Waals surface area contributed by atoms with Gasteiger partial charge in [-0.1, -0.05) is 56.8 Å². The molecule has 4 N–H and O–H groups in total. The largest absolute Gasteiger partial charge is 0.462 e. The molecule has 9 nitrogen and oxygen atoms in total. The first-order chi connectivity index (χ1) is 16.1. The van der Waals surface area contributed by atoms with Gasteiger partial charge in [0, 0.05) is 5.56 Å². The minimum atomic E-state index is -0.377. The first kappa shape index (κ1) is 24.0. The Balaban J connectivity index is 1.54. The van der Waals surface area contributed by atoms with Gasteiger partial charge < -0.3 is 16.3 Å². The van der Waals surface area contributed by atoms with Crippen LogP contribution >= 0.6 is 23.1 Å². The number of thiophene rings is 1. The van der Waals surface area contributed by atoms with Crippen molar-refractivity contribution >= 4 is 45.1 Å². The van der Waals surface area contributed by atoms with E-state index < -0.39 is 0 Å². The zero-order valence-electron chi connectivity index (χ0n) is 19.7. The summed E-state index contributed by atoms with van der Waals surface area (Å²) in [5, 5.41) is 9.71. The third kappa shape index (κ3) is 4.58. The predicted octanol–water partition coefficient (Wildman–Crippen LogP) is 4.32. The Morgan fingerprint density at radius 2 is 1.88 bits per heavy atom. The average Bonchev–Trinajstić information content (AvgIpc) is 3.32. The minimum Gasteiger partial charge on any atom is -0.462 e. The van der Waals surface area contributed by atoms with Gasteiger partial charge in [-0.25, -0.2) is 19.4 Å². The zero-order chi connectivity index (χ0) is 24.6. The summed E-state index contributed by atoms with van der Waals surface area (Å²) in [5.41, 5.74) is 9.12. The number of esters is 1. The molecule has 3 aromatic heterocycles. The zero-order valence-corrected chi connectivity index (χ0v) is 21.4. The van der Waals surface area contributed by atoms with Crippen molar-refractivity contribution in [3.63, 3.8) is 0 Å². The Hall–Kier alpha value is -3.18. The van der Waals surface area contributed by atoms with Crippen molar-refractivity contribution in [2.45, 2.75) is 50.9 Å². The Kier molecular flexibility index (Phi) is 6.50. The summed E-state index contributed by atoms with van der Waals surface area (Å²) in [6.45, 7) is 10.4. The van der Waals surface area contributed by atoms with E-state index in [9.17, 15) is 4.79 Å². The van der Waals surface area contributed by atoms with Crippen LogP contribution < -0.4 is 11.6 Å². The molecule has 0 aliphatic rings. The second-order valence-electron chi connectivity index (χ2n) is 8.77. The molecule has 1 aromatic carbocycles. The Morgan fingerprint density at radius 1 is 1.18 bits per heavy atom. The lowest BCUT2D eigenvalue weighted by atomic mass is 9.87. The van der Waals surface area contributed by atoms with Crippen LogP contribution in [0.2, 0.25) is 0 Å². The molecule has 4 rings (SSSR count). The maximum absolute atomic E-state index is 12.2. The van der Waals surface area contributed by atoms with E-state index in [1.807, 2.05) is 19.1 Å². The van der Waals surface area contributed by atoms with E-state index in [2.05, 4.69) is 53.1 Å². The molecule has 0 amide bonds. The third-order valence-electron chi connectivity index (χ3n) is 5.33. The SMILES string of the molecule is CCOC(=O)c1sc2nc(CSc3nnc(-c4ccc(C(C)(C)C)cc4)n3N)nc(N)c2c1C. The molecular weight excluding hydrogens is 470 g/mol. The molecule has 4 aromatic rings. The van der Waals surface area contributed by atoms with Gasteiger partial charge in [0.25, 0.3) is 0 Å². The molecule has 178 valence electrons. The van der Waals surface area contributed by atoms with E-state index in [4.69, 9.17) is 16.3 Å². The van der Waals surface area contributed by atoms with Crippen molar-refractivity contribution < 1.29 is 9.53 Å². The van der Waals surface area contributed by atoms with Gasteiger partial charge in [-0.15, -0.1) is 21.5 Å². The van der Waals surface area contributed by atoms with Crippen LogP contribution in [0.4, 0.5) is 5.82 Å². The maximum atomic E-state index is 12.2. The van der Waals surface area contributed by atoms with Crippen LogP contribution in [0.3, 0.4) is 0 Å². The number of nitrogen functional groups attached to an aromatic ring is 2. The highest BCUT2D eigenvalue weighted by Crippen LogP contribution is 2.34. The number of aryl methyl sites for hydroxylation is 1. The third-order valence-corrected chi connectivity index (χ3v) is 7.43. The van der Waals surface area contributed by atoms with Gasteiger partial charge in [0.15, 0.2) is 5.82 Å². The lowest BCUT2D eigenvalue weighted by Crippen LogP contribution is -2.13. The van der Waals surface area contributed by atoms with Gasteiger partial charge in [0.05, 0.1) is 17.7 Å². The standard InChI is InChI=1S/C23H27N7O2S2/c1-6-32-21(31)17-12(2)16-18(24)26-15(27-20(16)34-17)11-33-22-29-28-19(30(22)25)13-7-9-14(10-8-13)23(3,4)5/h7-10H,6,11,25H2,1-5H3,(H2,24,26,27). The van der Waals surface area contributed by atoms with Crippen LogP contribution in [-0.2, 0) is 15.9 Å². The van der Waals surface area contributed by atoms with E-state index >= 15 is 0 Å². The van der Waals surface area contributed by atoms with Crippen molar-refractivity contribution in [1.82, 2.24) is 24.8 Å². The number of fused-ring (bicyclic) bond motifs is 1. The minimum absolute atomic E-state index is 0.0665. The number of hydrogen-bond acceptors (Lipinski definition) is 10. The Morgan fingerprint density at radius 3 is 2.53 bits per heavy atom. The van der Waals surface area contributed by atoms with Crippen LogP contribution in [0, 0.1) is 6.92 Å². The molecule has 0 spiro atoms. The molecule has 0 unspecified atom stereocenters. The highest BCUT2D eigenvalue weighted by Gasteiger charge is 2.21. The fourth-order valence-electron chi connectivity index (χ4n) is 3.49. The number of ether oxygens (including phenoxy) is 1. The van der Waals surface area contributed by atoms with Gasteiger partial charge in [-0.3, -0.25) is 0 Å². The van der Waals surface area contributed by atoms with Gasteiger partial charge in [-0.2, -0.15) is 0 Å². The highest BCUT2D eigenvalue weighted by atomic mass is 32.2. The van der Waals surface area contributed by atoms with Crippen LogP contribution in [0.25, 0.3) is 21.6 Å². The summed E-state index contributed by atoms with van der Waals surface area (Å²) in [4.78, 5) is 22.4. The quantitative estimate of drug-likeness (QED) is 0.227. The summed E-state index contributed by atoms with van der Waals surface area (Å²) in [6, 6.07) is 8.16. The van der Waals surface area contributed by atoms with Gasteiger partial charge >= 0.3 is 5.97 Å². The first-order valence-corrected chi connectivity index (χ1v) is 12.6. The Labute approximate surface area is 205 Å². The number of aromatic nitrogens is 5. The van der Waals surface area contributed by atoms with E-state index in [1.165, 1.54) is 33.3 Å². The van der Waals surface area contributed by atoms with Crippen molar-refractivity contribution in [3.8, 4) is 11.4 Å². The predicted molar refractivity (Wildman–Crippen MR) is 136 cm³/mol. The van der Waals surface area contributed by atoms with Crippen molar-refractivity contribution in [2.24, 2.45) is 0 Å². The number of carbonyl (C=O) groups is 1. The molecule has 0 saturated carbocycles. The fraction of sp³-hybridized carbons (Fsp3) is 0.348. The number of benzene rings is 1. The fourth-order valence-corrected chi connectivity index (χ4v) is 5.31. The number of carbonyl (C=O) groups excluding carboxylic acids is 1. The number of anilines is 1. The van der Waals surface area contributed by atoms with Gasteiger partial charge in [0.1, 0.15) is 21.3 Å². The van der Waals surface area contributed by atoms with E-state index in [1.54, 1.807) is 6.92 Å². The van der Waals surface area contributed by atoms with Crippen LogP contribution in [0.1, 0.15) is 54.3 Å². The summed E-state index contributed by atoms with van der Waals surface area (Å²) in [5.74, 6) is 7.73. The van der Waals surface area contributed by atoms with E-state index in [0.717, 1.165) is 11.1 Å². The van der Waals surface area contributed by atoms with Gasteiger partial charge in [0.2, 0.25) is 5.16 Å². The number of thioether (sulfide) groups is 1. The number of hydrogen-bond donors (Lipinski definition) is 2. The molecule has 0 radical (unpaired) electrons. The van der Waals surface area contributed by atoms with Crippen LogP contribution in [0.15, 0.2) is 29.4 Å². The lowest BCUT2D eigenvalue weighted by molar-refractivity contribution is 0.0531. The number of nitrogens with two attached hydrogens (primary N) is 2. The summed E-state index contributed by atoms with van der Waals surface area (Å²) < 4.78 is 6.60. The van der Waals surface area contributed by atoms with E-state index in [-0.39, 0.29) is 11.4 Å². The molecule has 34 heavy (non-hydrogen) atoms. The van der Waals surface area contributed by atoms with E-state index in [0.29, 0.717) is 50.1 Å². The molecule has 0 atom stereocenters. The van der Waals surface area contributed by atoms with Crippen LogP contribution in [0.5, 0.6) is 0 Å². The molecular formula is C23H27N7O2S2. The molecule has 3 heterocycles. The van der Waals surface area contributed by atoms with Crippen molar-refractivity contribution in [1.29, 1.82) is 0 Å². The highest BCUT2D eigenvalue weighted by molar-refractivity contribution is 7.98. The smallest absolute Gasteiger partial charge is 0.348 e. The summed E-state index contributed by atoms with van der Waals surface area (Å²) >= 11 is 2.62. The Bertz CT molecular complexity index is 1350. The average molecular weight is 498 g/mol. The molecule has 11 heteroatoms. The maximum Gasteiger partial charge on any atom is 0.348 e. The second-order valence-corrected chi connectivity index (χ2v) is 10.7. The molecule has 0 bridgehead atoms. The summed E-state index contributed by atoms with van der Waals surface area (Å²) in [6.07, 6.45) is 0. The van der Waals surface area contributed by atoms with Crippen molar-refractivity contribution in [3.05, 3.63) is 46.1 Å². The summed E-state index contributed by atoms with van der Waals surface area (Å²) in [7, 11) is 0. The van der Waals surface area contributed by atoms with Crippen molar-refractivity contribution in [2.75, 3.05) is 18.2 Å². The first-order valence-electron chi connectivity index (χ1n) is 10.8. The van der Waals surface area contributed by atoms with Gasteiger partial charge in [-0.05, 0) is 30.4 Å². The second kappa shape index (κ2) is 9.22. The lowest BCUT2D eigenvalue weighted by Gasteiger charge is -2.19. The molecule has 0 aliphatic carbocycles. The molecule has 0 aliphatic heterocycles. The molecule has 0 saturated heterocycles. The number of rotatable bonds is 6.